The second-order valence-electron chi connectivity index (χ2n) is 3.81. The first-order chi connectivity index (χ1) is 8.01. The predicted molar refractivity (Wildman–Crippen MR) is 64.0 cm³/mol. The van der Waals surface area contributed by atoms with Crippen molar-refractivity contribution >= 4 is 28.3 Å². The van der Waals surface area contributed by atoms with E-state index in [0.29, 0.717) is 5.13 Å². The summed E-state index contributed by atoms with van der Waals surface area (Å²) < 4.78 is 0. The zero-order valence-electron chi connectivity index (χ0n) is 9.77. The van der Waals surface area contributed by atoms with Crippen LogP contribution in [0.5, 0.6) is 0 Å². The third-order valence-corrected chi connectivity index (χ3v) is 3.06. The van der Waals surface area contributed by atoms with Crippen LogP contribution in [0.25, 0.3) is 0 Å². The molecule has 2 N–H and O–H groups in total. The summed E-state index contributed by atoms with van der Waals surface area (Å²) in [5.41, 5.74) is 0. The molecule has 1 unspecified atom stereocenters. The van der Waals surface area contributed by atoms with Crippen molar-refractivity contribution < 1.29 is 14.7 Å². The predicted octanol–water partition coefficient (Wildman–Crippen LogP) is 1.54. The molecule has 0 saturated heterocycles. The summed E-state index contributed by atoms with van der Waals surface area (Å²) in [7, 11) is 0. The van der Waals surface area contributed by atoms with Crippen LogP contribution >= 0.6 is 11.3 Å². The molecule has 0 aliphatic carbocycles. The summed E-state index contributed by atoms with van der Waals surface area (Å²) in [6.07, 6.45) is 0.944. The highest BCUT2D eigenvalue weighted by molar-refractivity contribution is 7.15. The molecule has 1 atom stereocenters. The van der Waals surface area contributed by atoms with Crippen molar-refractivity contribution in [2.45, 2.75) is 33.1 Å². The van der Waals surface area contributed by atoms with Gasteiger partial charge in [0.1, 0.15) is 5.01 Å². The Balaban J connectivity index is 2.41. The van der Waals surface area contributed by atoms with E-state index in [1.54, 1.807) is 6.92 Å². The second kappa shape index (κ2) is 6.29. The Kier molecular flexibility index (Phi) is 5.02. The van der Waals surface area contributed by atoms with Crippen molar-refractivity contribution in [3.05, 3.63) is 5.01 Å². The molecular weight excluding hydrogens is 242 g/mol. The van der Waals surface area contributed by atoms with E-state index in [0.717, 1.165) is 11.4 Å². The van der Waals surface area contributed by atoms with Gasteiger partial charge in [-0.3, -0.25) is 9.59 Å². The molecule has 17 heavy (non-hydrogen) atoms. The Hall–Kier alpha value is -1.50. The molecule has 94 valence electrons. The summed E-state index contributed by atoms with van der Waals surface area (Å²) in [6, 6.07) is 0. The molecule has 7 heteroatoms. The fourth-order valence-corrected chi connectivity index (χ4v) is 2.00. The second-order valence-corrected chi connectivity index (χ2v) is 4.87. The topological polar surface area (TPSA) is 92.2 Å². The van der Waals surface area contributed by atoms with E-state index >= 15 is 0 Å². The molecule has 0 radical (unpaired) electrons. The lowest BCUT2D eigenvalue weighted by molar-refractivity contribution is -0.138. The monoisotopic (exact) mass is 257 g/mol. The van der Waals surface area contributed by atoms with Crippen molar-refractivity contribution in [2.24, 2.45) is 5.92 Å². The van der Waals surface area contributed by atoms with Crippen molar-refractivity contribution in [2.75, 3.05) is 5.32 Å². The molecule has 0 bridgehead atoms. The molecule has 0 aliphatic rings. The number of carbonyl (C=O) groups excluding carboxylic acids is 1. The molecule has 1 aromatic rings. The van der Waals surface area contributed by atoms with Crippen LogP contribution in [0.1, 0.15) is 31.7 Å². The fourth-order valence-electron chi connectivity index (χ4n) is 1.30. The van der Waals surface area contributed by atoms with Gasteiger partial charge in [0.15, 0.2) is 0 Å². The Morgan fingerprint density at radius 1 is 1.41 bits per heavy atom. The number of carboxylic acid groups (broad SMARTS) is 1. The van der Waals surface area contributed by atoms with E-state index in [-0.39, 0.29) is 24.7 Å². The minimum atomic E-state index is -0.894. The van der Waals surface area contributed by atoms with Crippen LogP contribution in [0.3, 0.4) is 0 Å². The van der Waals surface area contributed by atoms with Gasteiger partial charge in [-0.05, 0) is 12.3 Å². The Bertz CT molecular complexity index is 405. The summed E-state index contributed by atoms with van der Waals surface area (Å²) in [5.74, 6) is -1.31. The van der Waals surface area contributed by atoms with Crippen LogP contribution in [0.15, 0.2) is 0 Å². The van der Waals surface area contributed by atoms with Crippen molar-refractivity contribution in [3.63, 3.8) is 0 Å². The number of carboxylic acids is 1. The van der Waals surface area contributed by atoms with Crippen LogP contribution in [0.2, 0.25) is 0 Å². The number of hydrogen-bond acceptors (Lipinski definition) is 5. The fraction of sp³-hybridized carbons (Fsp3) is 0.600. The molecule has 0 saturated carbocycles. The number of aryl methyl sites for hydroxylation is 1. The van der Waals surface area contributed by atoms with Crippen LogP contribution in [-0.4, -0.2) is 27.2 Å². The van der Waals surface area contributed by atoms with Crippen LogP contribution in [0.4, 0.5) is 5.13 Å². The van der Waals surface area contributed by atoms with Gasteiger partial charge in [-0.1, -0.05) is 25.2 Å². The molecule has 1 aromatic heterocycles. The first kappa shape index (κ1) is 13.6. The SMILES string of the molecule is CCc1nnc(NC(=O)CC(C)CC(=O)O)s1. The van der Waals surface area contributed by atoms with Gasteiger partial charge < -0.3 is 10.4 Å². The van der Waals surface area contributed by atoms with E-state index < -0.39 is 5.97 Å². The normalized spacial score (nSPS) is 12.1. The molecule has 0 fully saturated rings. The van der Waals surface area contributed by atoms with E-state index in [2.05, 4.69) is 15.5 Å². The standard InChI is InChI=1S/C10H15N3O3S/c1-3-8-12-13-10(17-8)11-7(14)4-6(2)5-9(15)16/h6H,3-5H2,1-2H3,(H,15,16)(H,11,13,14). The number of carbonyl (C=O) groups is 2. The molecular formula is C10H15N3O3S. The van der Waals surface area contributed by atoms with Crippen molar-refractivity contribution in [1.29, 1.82) is 0 Å². The maximum Gasteiger partial charge on any atom is 0.303 e. The average molecular weight is 257 g/mol. The Labute approximate surface area is 103 Å². The lowest BCUT2D eigenvalue weighted by Crippen LogP contribution is -2.16. The quantitative estimate of drug-likeness (QED) is 0.806. The van der Waals surface area contributed by atoms with Gasteiger partial charge in [0.25, 0.3) is 0 Å². The molecule has 1 rings (SSSR count). The molecule has 0 aromatic carbocycles. The number of amides is 1. The van der Waals surface area contributed by atoms with Gasteiger partial charge in [0.05, 0.1) is 0 Å². The number of hydrogen-bond donors (Lipinski definition) is 2. The lowest BCUT2D eigenvalue weighted by Gasteiger charge is -2.06. The van der Waals surface area contributed by atoms with Crippen molar-refractivity contribution in [3.8, 4) is 0 Å². The zero-order chi connectivity index (χ0) is 12.8. The summed E-state index contributed by atoms with van der Waals surface area (Å²) in [6.45, 7) is 3.69. The molecule has 6 nitrogen and oxygen atoms in total. The summed E-state index contributed by atoms with van der Waals surface area (Å²) >= 11 is 1.33. The average Bonchev–Trinajstić information content (AvgIpc) is 2.63. The van der Waals surface area contributed by atoms with E-state index in [9.17, 15) is 9.59 Å². The number of nitrogens with one attached hydrogen (secondary N) is 1. The number of aromatic nitrogens is 2. The minimum Gasteiger partial charge on any atom is -0.481 e. The number of nitrogens with zero attached hydrogens (tertiary/aromatic N) is 2. The molecule has 0 spiro atoms. The molecule has 0 aliphatic heterocycles. The first-order valence-corrected chi connectivity index (χ1v) is 6.17. The van der Waals surface area contributed by atoms with Crippen LogP contribution in [-0.2, 0) is 16.0 Å². The van der Waals surface area contributed by atoms with Crippen molar-refractivity contribution in [1.82, 2.24) is 10.2 Å². The van der Waals surface area contributed by atoms with Crippen LogP contribution < -0.4 is 5.32 Å². The highest BCUT2D eigenvalue weighted by Crippen LogP contribution is 2.16. The highest BCUT2D eigenvalue weighted by Gasteiger charge is 2.14. The largest absolute Gasteiger partial charge is 0.481 e. The lowest BCUT2D eigenvalue weighted by atomic mass is 10.0. The summed E-state index contributed by atoms with van der Waals surface area (Å²) in [5, 5.41) is 20.2. The molecule has 1 amide bonds. The van der Waals surface area contributed by atoms with Gasteiger partial charge in [-0.25, -0.2) is 0 Å². The Morgan fingerprint density at radius 3 is 2.65 bits per heavy atom. The smallest absolute Gasteiger partial charge is 0.303 e. The third kappa shape index (κ3) is 4.90. The zero-order valence-corrected chi connectivity index (χ0v) is 10.6. The highest BCUT2D eigenvalue weighted by atomic mass is 32.1. The number of rotatable bonds is 6. The van der Waals surface area contributed by atoms with Gasteiger partial charge in [-0.15, -0.1) is 10.2 Å². The van der Waals surface area contributed by atoms with Gasteiger partial charge in [-0.2, -0.15) is 0 Å². The van der Waals surface area contributed by atoms with Gasteiger partial charge in [0.2, 0.25) is 11.0 Å². The van der Waals surface area contributed by atoms with E-state index in [1.807, 2.05) is 6.92 Å². The Morgan fingerprint density at radius 2 is 2.12 bits per heavy atom. The van der Waals surface area contributed by atoms with Gasteiger partial charge >= 0.3 is 5.97 Å². The first-order valence-electron chi connectivity index (χ1n) is 5.35. The van der Waals surface area contributed by atoms with Crippen LogP contribution in [0, 0.1) is 5.92 Å². The number of anilines is 1. The summed E-state index contributed by atoms with van der Waals surface area (Å²) in [4.78, 5) is 22.0. The van der Waals surface area contributed by atoms with E-state index in [4.69, 9.17) is 5.11 Å². The maximum atomic E-state index is 11.5. The number of aliphatic carboxylic acids is 1. The molecule has 1 heterocycles. The third-order valence-electron chi connectivity index (χ3n) is 2.07. The maximum absolute atomic E-state index is 11.5. The minimum absolute atomic E-state index is 0.0102. The van der Waals surface area contributed by atoms with Gasteiger partial charge in [0, 0.05) is 12.8 Å². The van der Waals surface area contributed by atoms with E-state index in [1.165, 1.54) is 11.3 Å².